The molecule has 0 saturated carbocycles. The maximum Gasteiger partial charge on any atom is 0.306 e. The van der Waals surface area contributed by atoms with Crippen LogP contribution in [0, 0.1) is 12.8 Å². The molecule has 1 N–H and O–H groups in total. The van der Waals surface area contributed by atoms with Crippen LogP contribution in [0.4, 0.5) is 5.95 Å². The number of fused-ring (bicyclic) bond motifs is 2. The number of pyridine rings is 1. The highest BCUT2D eigenvalue weighted by atomic mass is 35.5. The molecule has 0 aliphatic carbocycles. The summed E-state index contributed by atoms with van der Waals surface area (Å²) in [5.74, 6) is 0.439. The summed E-state index contributed by atoms with van der Waals surface area (Å²) in [6.07, 6.45) is 1.17. The minimum absolute atomic E-state index is 0.311. The number of carboxylic acids is 1. The smallest absolute Gasteiger partial charge is 0.306 e. The molecule has 4 aromatic rings. The lowest BCUT2D eigenvalue weighted by Crippen LogP contribution is -2.37. The molecule has 1 aliphatic heterocycles. The summed E-state index contributed by atoms with van der Waals surface area (Å²) in [5.41, 5.74) is 3.48. The topological polar surface area (TPSA) is 71.2 Å². The van der Waals surface area contributed by atoms with Crippen molar-refractivity contribution in [3.05, 3.63) is 58.1 Å². The first-order valence-corrected chi connectivity index (χ1v) is 10.9. The fourth-order valence-corrected chi connectivity index (χ4v) is 4.50. The van der Waals surface area contributed by atoms with Gasteiger partial charge >= 0.3 is 5.97 Å². The maximum atomic E-state index is 11.4. The fourth-order valence-electron chi connectivity index (χ4n) is 4.16. The zero-order valence-electron chi connectivity index (χ0n) is 16.8. The van der Waals surface area contributed by atoms with Crippen molar-refractivity contribution in [1.82, 2.24) is 14.5 Å². The second-order valence-corrected chi connectivity index (χ2v) is 8.79. The van der Waals surface area contributed by atoms with E-state index in [1.807, 2.05) is 54.0 Å². The van der Waals surface area contributed by atoms with Gasteiger partial charge in [0.2, 0.25) is 5.95 Å². The lowest BCUT2D eigenvalue weighted by molar-refractivity contribution is -0.142. The molecular formula is C23H20Cl2N4O2. The summed E-state index contributed by atoms with van der Waals surface area (Å²) in [5, 5.41) is 11.6. The van der Waals surface area contributed by atoms with E-state index in [0.717, 1.165) is 39.3 Å². The molecule has 0 atom stereocenters. The van der Waals surface area contributed by atoms with Crippen LogP contribution in [-0.2, 0) is 4.79 Å². The molecule has 1 fully saturated rings. The lowest BCUT2D eigenvalue weighted by atomic mass is 9.97. The Bertz CT molecular complexity index is 1330. The number of aryl methyl sites for hydroxylation is 1. The molecule has 0 unspecified atom stereocenters. The van der Waals surface area contributed by atoms with Crippen LogP contribution in [0.2, 0.25) is 10.0 Å². The van der Waals surface area contributed by atoms with Crippen LogP contribution in [-0.4, -0.2) is 38.7 Å². The van der Waals surface area contributed by atoms with Gasteiger partial charge in [-0.1, -0.05) is 23.2 Å². The van der Waals surface area contributed by atoms with E-state index in [9.17, 15) is 9.90 Å². The molecule has 0 amide bonds. The average Bonchev–Trinajstić information content (AvgIpc) is 3.12. The van der Waals surface area contributed by atoms with Gasteiger partial charge in [-0.15, -0.1) is 0 Å². The molecule has 2 aromatic carbocycles. The summed E-state index contributed by atoms with van der Waals surface area (Å²) >= 11 is 12.6. The van der Waals surface area contributed by atoms with Gasteiger partial charge in [-0.25, -0.2) is 9.97 Å². The number of benzene rings is 2. The SMILES string of the molecule is Cc1cc2nc(N3CCC(C(=O)O)CC3)n(-c3ccc4cc(Cl)ccc4n3)c2cc1Cl. The average molecular weight is 455 g/mol. The Labute approximate surface area is 189 Å². The molecule has 1 aliphatic rings. The van der Waals surface area contributed by atoms with Gasteiger partial charge in [-0.2, -0.15) is 0 Å². The van der Waals surface area contributed by atoms with Crippen molar-refractivity contribution in [2.75, 3.05) is 18.0 Å². The minimum atomic E-state index is -0.731. The van der Waals surface area contributed by atoms with Gasteiger partial charge in [0.15, 0.2) is 0 Å². The van der Waals surface area contributed by atoms with Crippen molar-refractivity contribution in [1.29, 1.82) is 0 Å². The number of anilines is 1. The van der Waals surface area contributed by atoms with Crippen LogP contribution in [0.25, 0.3) is 27.8 Å². The summed E-state index contributed by atoms with van der Waals surface area (Å²) in [4.78, 5) is 23.3. The number of halogens is 2. The molecule has 1 saturated heterocycles. The van der Waals surface area contributed by atoms with Crippen LogP contribution in [0.15, 0.2) is 42.5 Å². The first kappa shape index (κ1) is 20.1. The molecule has 3 heterocycles. The molecule has 5 rings (SSSR count). The number of aromatic nitrogens is 3. The highest BCUT2D eigenvalue weighted by Crippen LogP contribution is 2.33. The molecular weight excluding hydrogens is 435 g/mol. The fraction of sp³-hybridized carbons (Fsp3) is 0.261. The standard InChI is InChI=1S/C23H20Cl2N4O2/c1-13-10-19-20(12-17(13)25)29(21-5-2-15-11-16(24)3-4-18(15)26-21)23(27-19)28-8-6-14(7-9-28)22(30)31/h2-5,10-12,14H,6-9H2,1H3,(H,30,31). The van der Waals surface area contributed by atoms with Gasteiger partial charge in [0.25, 0.3) is 0 Å². The number of carboxylic acid groups (broad SMARTS) is 1. The van der Waals surface area contributed by atoms with Crippen molar-refractivity contribution in [3.8, 4) is 5.82 Å². The number of carbonyl (C=O) groups is 1. The molecule has 158 valence electrons. The van der Waals surface area contributed by atoms with Crippen molar-refractivity contribution < 1.29 is 9.90 Å². The molecule has 31 heavy (non-hydrogen) atoms. The largest absolute Gasteiger partial charge is 0.481 e. The van der Waals surface area contributed by atoms with E-state index < -0.39 is 5.97 Å². The van der Waals surface area contributed by atoms with E-state index in [1.165, 1.54) is 0 Å². The Balaban J connectivity index is 1.67. The van der Waals surface area contributed by atoms with E-state index >= 15 is 0 Å². The number of rotatable bonds is 3. The monoisotopic (exact) mass is 454 g/mol. The summed E-state index contributed by atoms with van der Waals surface area (Å²) in [6.45, 7) is 3.20. The lowest BCUT2D eigenvalue weighted by Gasteiger charge is -2.31. The number of imidazole rings is 1. The van der Waals surface area contributed by atoms with Crippen molar-refractivity contribution in [3.63, 3.8) is 0 Å². The molecule has 6 nitrogen and oxygen atoms in total. The maximum absolute atomic E-state index is 11.4. The van der Waals surface area contributed by atoms with E-state index in [2.05, 4.69) is 4.90 Å². The van der Waals surface area contributed by atoms with Crippen molar-refractivity contribution >= 4 is 57.1 Å². The Hall–Kier alpha value is -2.83. The molecule has 0 bridgehead atoms. The number of aliphatic carboxylic acids is 1. The number of nitrogens with zero attached hydrogens (tertiary/aromatic N) is 4. The van der Waals surface area contributed by atoms with Gasteiger partial charge in [-0.3, -0.25) is 9.36 Å². The van der Waals surface area contributed by atoms with Crippen molar-refractivity contribution in [2.24, 2.45) is 5.92 Å². The van der Waals surface area contributed by atoms with E-state index in [1.54, 1.807) is 0 Å². The third kappa shape index (κ3) is 3.60. The van der Waals surface area contributed by atoms with Crippen LogP contribution in [0.1, 0.15) is 18.4 Å². The van der Waals surface area contributed by atoms with Gasteiger partial charge in [0, 0.05) is 28.5 Å². The summed E-state index contributed by atoms with van der Waals surface area (Å²) in [7, 11) is 0. The molecule has 0 radical (unpaired) electrons. The summed E-state index contributed by atoms with van der Waals surface area (Å²) in [6, 6.07) is 13.4. The zero-order valence-corrected chi connectivity index (χ0v) is 18.4. The third-order valence-corrected chi connectivity index (χ3v) is 6.55. The van der Waals surface area contributed by atoms with Gasteiger partial charge in [0.05, 0.1) is 22.5 Å². The molecule has 2 aromatic heterocycles. The highest BCUT2D eigenvalue weighted by Gasteiger charge is 2.28. The van der Waals surface area contributed by atoms with Crippen LogP contribution >= 0.6 is 23.2 Å². The molecule has 0 spiro atoms. The normalized spacial score (nSPS) is 15.1. The number of hydrogen-bond acceptors (Lipinski definition) is 4. The quantitative estimate of drug-likeness (QED) is 0.442. The Morgan fingerprint density at radius 1 is 1.03 bits per heavy atom. The number of piperidine rings is 1. The van der Waals surface area contributed by atoms with Crippen LogP contribution in [0.3, 0.4) is 0 Å². The molecule has 8 heteroatoms. The van der Waals surface area contributed by atoms with Crippen molar-refractivity contribution in [2.45, 2.75) is 19.8 Å². The van der Waals surface area contributed by atoms with Gasteiger partial charge < -0.3 is 10.0 Å². The second kappa shape index (κ2) is 7.70. The Morgan fingerprint density at radius 2 is 1.81 bits per heavy atom. The van der Waals surface area contributed by atoms with E-state index in [4.69, 9.17) is 33.2 Å². The van der Waals surface area contributed by atoms with Crippen LogP contribution in [0.5, 0.6) is 0 Å². The predicted molar refractivity (Wildman–Crippen MR) is 124 cm³/mol. The first-order chi connectivity index (χ1) is 14.9. The van der Waals surface area contributed by atoms with Crippen LogP contribution < -0.4 is 4.90 Å². The predicted octanol–water partition coefficient (Wildman–Crippen LogP) is 5.49. The zero-order chi connectivity index (χ0) is 21.7. The summed E-state index contributed by atoms with van der Waals surface area (Å²) < 4.78 is 2.01. The second-order valence-electron chi connectivity index (χ2n) is 7.94. The highest BCUT2D eigenvalue weighted by molar-refractivity contribution is 6.32. The Morgan fingerprint density at radius 3 is 2.55 bits per heavy atom. The van der Waals surface area contributed by atoms with Gasteiger partial charge in [-0.05, 0) is 67.8 Å². The Kier molecular flexibility index (Phi) is 4.99. The van der Waals surface area contributed by atoms with E-state index in [-0.39, 0.29) is 5.92 Å². The van der Waals surface area contributed by atoms with E-state index in [0.29, 0.717) is 36.0 Å². The first-order valence-electron chi connectivity index (χ1n) is 10.1. The van der Waals surface area contributed by atoms with Gasteiger partial charge in [0.1, 0.15) is 5.82 Å². The minimum Gasteiger partial charge on any atom is -0.481 e. The number of hydrogen-bond donors (Lipinski definition) is 1. The third-order valence-electron chi connectivity index (χ3n) is 5.91.